The molecule has 1 aliphatic rings. The van der Waals surface area contributed by atoms with Crippen LogP contribution < -0.4 is 0 Å². The Labute approximate surface area is 137 Å². The van der Waals surface area contributed by atoms with Gasteiger partial charge in [0.15, 0.2) is 24.6 Å². The molecule has 0 radical (unpaired) electrons. The number of rotatable bonds is 5. The lowest BCUT2D eigenvalue weighted by atomic mass is 9.98. The van der Waals surface area contributed by atoms with Gasteiger partial charge in [0.25, 0.3) is 0 Å². The summed E-state index contributed by atoms with van der Waals surface area (Å²) in [5.74, 6) is -2.87. The van der Waals surface area contributed by atoms with Gasteiger partial charge in [0.1, 0.15) is 12.7 Å². The molecule has 5 atom stereocenters. The van der Waals surface area contributed by atoms with Crippen molar-refractivity contribution in [1.29, 1.82) is 0 Å². The lowest BCUT2D eigenvalue weighted by Crippen LogP contribution is -2.62. The Bertz CT molecular complexity index is 502. The monoisotopic (exact) mass is 348 g/mol. The molecule has 0 aromatic heterocycles. The Morgan fingerprint density at radius 1 is 0.792 bits per heavy atom. The molecular formula is C14H20O10. The second kappa shape index (κ2) is 8.60. The van der Waals surface area contributed by atoms with E-state index in [2.05, 4.69) is 0 Å². The first kappa shape index (κ1) is 19.8. The van der Waals surface area contributed by atoms with Crippen LogP contribution in [-0.4, -0.2) is 66.3 Å². The minimum Gasteiger partial charge on any atom is -0.463 e. The summed E-state index contributed by atoms with van der Waals surface area (Å²) in [6, 6.07) is 0. The van der Waals surface area contributed by atoms with E-state index in [1.54, 1.807) is 0 Å². The van der Waals surface area contributed by atoms with Gasteiger partial charge in [-0.1, -0.05) is 0 Å². The average Bonchev–Trinajstić information content (AvgIpc) is 2.42. The highest BCUT2D eigenvalue weighted by atomic mass is 16.7. The fourth-order valence-electron chi connectivity index (χ4n) is 2.21. The summed E-state index contributed by atoms with van der Waals surface area (Å²) >= 11 is 0. The van der Waals surface area contributed by atoms with Gasteiger partial charge in [-0.05, 0) is 0 Å². The van der Waals surface area contributed by atoms with Crippen LogP contribution in [0.2, 0.25) is 0 Å². The molecule has 0 amide bonds. The zero-order chi connectivity index (χ0) is 18.4. The predicted molar refractivity (Wildman–Crippen MR) is 74.2 cm³/mol. The quantitative estimate of drug-likeness (QED) is 0.490. The van der Waals surface area contributed by atoms with Gasteiger partial charge in [-0.3, -0.25) is 19.2 Å². The molecule has 0 bridgehead atoms. The number of hydrogen-bond acceptors (Lipinski definition) is 10. The topological polar surface area (TPSA) is 135 Å². The molecule has 1 N–H and O–H groups in total. The molecule has 10 nitrogen and oxygen atoms in total. The van der Waals surface area contributed by atoms with Crippen LogP contribution in [0.1, 0.15) is 27.7 Å². The van der Waals surface area contributed by atoms with Crippen LogP contribution in [0.25, 0.3) is 0 Å². The van der Waals surface area contributed by atoms with Crippen LogP contribution in [0, 0.1) is 0 Å². The van der Waals surface area contributed by atoms with Crippen LogP contribution in [-0.2, 0) is 42.9 Å². The molecule has 0 aromatic carbocycles. The molecule has 10 heteroatoms. The number of carbonyl (C=O) groups excluding carboxylic acids is 4. The molecule has 0 aromatic rings. The van der Waals surface area contributed by atoms with Crippen molar-refractivity contribution in [2.75, 3.05) is 6.61 Å². The van der Waals surface area contributed by atoms with Gasteiger partial charge in [-0.2, -0.15) is 0 Å². The Morgan fingerprint density at radius 2 is 1.25 bits per heavy atom. The summed E-state index contributed by atoms with van der Waals surface area (Å²) in [5, 5.41) is 10.0. The summed E-state index contributed by atoms with van der Waals surface area (Å²) < 4.78 is 25.0. The number of aliphatic hydroxyl groups excluding tert-OH is 1. The number of esters is 4. The highest BCUT2D eigenvalue weighted by Gasteiger charge is 2.51. The van der Waals surface area contributed by atoms with Gasteiger partial charge in [0.05, 0.1) is 0 Å². The van der Waals surface area contributed by atoms with Crippen molar-refractivity contribution in [2.24, 2.45) is 0 Å². The normalized spacial score (nSPS) is 29.3. The molecule has 24 heavy (non-hydrogen) atoms. The summed E-state index contributed by atoms with van der Waals surface area (Å²) in [6.07, 6.45) is -6.79. The zero-order valence-electron chi connectivity index (χ0n) is 13.7. The fraction of sp³-hybridized carbons (Fsp3) is 0.714. The SMILES string of the molecule is CC(=O)OCC1O[C@H](O)[C@H](OC(C)=O)[C@@H](OC(C)=O)[C@@H]1OC(C)=O. The van der Waals surface area contributed by atoms with E-state index in [0.717, 1.165) is 27.7 Å². The molecule has 1 rings (SSSR count). The first-order chi connectivity index (χ1) is 11.1. The van der Waals surface area contributed by atoms with E-state index >= 15 is 0 Å². The molecule has 0 spiro atoms. The lowest BCUT2D eigenvalue weighted by molar-refractivity contribution is -0.296. The van der Waals surface area contributed by atoms with Gasteiger partial charge in [-0.15, -0.1) is 0 Å². The van der Waals surface area contributed by atoms with E-state index in [1.807, 2.05) is 0 Å². The molecule has 1 fully saturated rings. The third kappa shape index (κ3) is 5.78. The van der Waals surface area contributed by atoms with Crippen LogP contribution in [0.3, 0.4) is 0 Å². The number of carbonyl (C=O) groups is 4. The van der Waals surface area contributed by atoms with Crippen molar-refractivity contribution in [3.05, 3.63) is 0 Å². The van der Waals surface area contributed by atoms with Crippen molar-refractivity contribution in [2.45, 2.75) is 58.4 Å². The van der Waals surface area contributed by atoms with Crippen LogP contribution in [0.15, 0.2) is 0 Å². The molecular weight excluding hydrogens is 328 g/mol. The average molecular weight is 348 g/mol. The maximum Gasteiger partial charge on any atom is 0.303 e. The van der Waals surface area contributed by atoms with E-state index < -0.39 is 54.6 Å². The minimum absolute atomic E-state index is 0.366. The van der Waals surface area contributed by atoms with Gasteiger partial charge in [0.2, 0.25) is 0 Å². The van der Waals surface area contributed by atoms with Crippen molar-refractivity contribution in [3.8, 4) is 0 Å². The van der Waals surface area contributed by atoms with E-state index in [0.29, 0.717) is 0 Å². The second-order valence-corrected chi connectivity index (χ2v) is 5.09. The Hall–Kier alpha value is -2.20. The first-order valence-electron chi connectivity index (χ1n) is 7.10. The van der Waals surface area contributed by atoms with E-state index in [9.17, 15) is 24.3 Å². The molecule has 1 heterocycles. The Balaban J connectivity index is 3.11. The third-order valence-corrected chi connectivity index (χ3v) is 2.97. The Kier molecular flexibility index (Phi) is 7.11. The third-order valence-electron chi connectivity index (χ3n) is 2.97. The van der Waals surface area contributed by atoms with E-state index in [-0.39, 0.29) is 6.61 Å². The highest BCUT2D eigenvalue weighted by molar-refractivity contribution is 5.68. The molecule has 1 unspecified atom stereocenters. The standard InChI is InChI=1S/C14H20O10/c1-6(15)20-5-10-11(21-7(2)16)12(22-8(3)17)13(14(19)24-10)23-9(4)18/h10-14,19H,5H2,1-4H3/t10?,11-,12+,13-,14+/m1/s1. The highest BCUT2D eigenvalue weighted by Crippen LogP contribution is 2.28. The summed E-state index contributed by atoms with van der Waals surface area (Å²) in [5.41, 5.74) is 0. The summed E-state index contributed by atoms with van der Waals surface area (Å²) in [4.78, 5) is 44.9. The Morgan fingerprint density at radius 3 is 1.71 bits per heavy atom. The molecule has 1 aliphatic heterocycles. The lowest BCUT2D eigenvalue weighted by Gasteiger charge is -2.42. The van der Waals surface area contributed by atoms with E-state index in [1.165, 1.54) is 0 Å². The molecule has 0 aliphatic carbocycles. The van der Waals surface area contributed by atoms with Gasteiger partial charge in [0, 0.05) is 27.7 Å². The van der Waals surface area contributed by atoms with Crippen molar-refractivity contribution in [3.63, 3.8) is 0 Å². The van der Waals surface area contributed by atoms with E-state index in [4.69, 9.17) is 23.7 Å². The number of aliphatic hydroxyl groups is 1. The van der Waals surface area contributed by atoms with Crippen LogP contribution >= 0.6 is 0 Å². The van der Waals surface area contributed by atoms with Gasteiger partial charge >= 0.3 is 23.9 Å². The summed E-state index contributed by atoms with van der Waals surface area (Å²) in [7, 11) is 0. The molecule has 1 saturated heterocycles. The predicted octanol–water partition coefficient (Wildman–Crippen LogP) is -0.938. The van der Waals surface area contributed by atoms with Gasteiger partial charge < -0.3 is 28.8 Å². The molecule has 0 saturated carbocycles. The van der Waals surface area contributed by atoms with Crippen molar-refractivity contribution < 1.29 is 48.0 Å². The fourth-order valence-corrected chi connectivity index (χ4v) is 2.21. The second-order valence-electron chi connectivity index (χ2n) is 5.09. The van der Waals surface area contributed by atoms with Crippen molar-refractivity contribution >= 4 is 23.9 Å². The van der Waals surface area contributed by atoms with Crippen LogP contribution in [0.5, 0.6) is 0 Å². The number of ether oxygens (including phenoxy) is 5. The minimum atomic E-state index is -1.68. The van der Waals surface area contributed by atoms with Crippen molar-refractivity contribution in [1.82, 2.24) is 0 Å². The zero-order valence-corrected chi connectivity index (χ0v) is 13.7. The summed E-state index contributed by atoms with van der Waals surface area (Å²) in [6.45, 7) is 4.09. The largest absolute Gasteiger partial charge is 0.463 e. The maximum absolute atomic E-state index is 11.3. The smallest absolute Gasteiger partial charge is 0.303 e. The van der Waals surface area contributed by atoms with Crippen LogP contribution in [0.4, 0.5) is 0 Å². The number of hydrogen-bond donors (Lipinski definition) is 1. The maximum atomic E-state index is 11.3. The molecule has 136 valence electrons. The first-order valence-corrected chi connectivity index (χ1v) is 7.10. The van der Waals surface area contributed by atoms with Gasteiger partial charge in [-0.25, -0.2) is 0 Å².